The predicted molar refractivity (Wildman–Crippen MR) is 117 cm³/mol. The Morgan fingerprint density at radius 1 is 1.07 bits per heavy atom. The Balaban J connectivity index is 1.74. The van der Waals surface area contributed by atoms with E-state index in [-0.39, 0.29) is 29.5 Å². The summed E-state index contributed by atoms with van der Waals surface area (Å²) in [4.78, 5) is 27.4. The fourth-order valence-corrected chi connectivity index (χ4v) is 3.71. The zero-order chi connectivity index (χ0) is 21.5. The van der Waals surface area contributed by atoms with Crippen LogP contribution in [0.3, 0.4) is 0 Å². The van der Waals surface area contributed by atoms with Gasteiger partial charge in [0, 0.05) is 12.1 Å². The normalized spacial score (nSPS) is 11.5. The van der Waals surface area contributed by atoms with Crippen molar-refractivity contribution in [3.63, 3.8) is 0 Å². The van der Waals surface area contributed by atoms with Gasteiger partial charge in [0.05, 0.1) is 6.04 Å². The van der Waals surface area contributed by atoms with Gasteiger partial charge in [-0.1, -0.05) is 60.7 Å². The number of hydrogen-bond donors (Lipinski definition) is 2. The van der Waals surface area contributed by atoms with Crippen molar-refractivity contribution >= 4 is 5.91 Å². The molecule has 1 atom stereocenters. The summed E-state index contributed by atoms with van der Waals surface area (Å²) in [6.45, 7) is 3.56. The molecular formula is C25H25N3O2. The minimum atomic E-state index is -0.382. The maximum absolute atomic E-state index is 12.8. The van der Waals surface area contributed by atoms with Crippen LogP contribution < -0.4 is 10.9 Å². The third-order valence-corrected chi connectivity index (χ3v) is 5.34. The molecule has 152 valence electrons. The Bertz CT molecular complexity index is 1110. The van der Waals surface area contributed by atoms with Crippen LogP contribution in [0.5, 0.6) is 0 Å². The van der Waals surface area contributed by atoms with Crippen LogP contribution in [-0.2, 0) is 17.6 Å². The number of H-pyrrole nitrogens is 1. The smallest absolute Gasteiger partial charge is 0.266 e. The summed E-state index contributed by atoms with van der Waals surface area (Å²) < 4.78 is 0. The molecule has 0 saturated heterocycles. The molecule has 1 amide bonds. The molecule has 0 spiro atoms. The number of rotatable bonds is 7. The number of amides is 1. The molecular weight excluding hydrogens is 374 g/mol. The highest BCUT2D eigenvalue weighted by atomic mass is 16.1. The Labute approximate surface area is 176 Å². The van der Waals surface area contributed by atoms with E-state index < -0.39 is 0 Å². The lowest BCUT2D eigenvalue weighted by Crippen LogP contribution is -2.30. The molecule has 0 saturated carbocycles. The van der Waals surface area contributed by atoms with Crippen LogP contribution in [0.25, 0.3) is 0 Å². The lowest BCUT2D eigenvalue weighted by atomic mass is 9.97. The highest BCUT2D eigenvalue weighted by Crippen LogP contribution is 2.20. The lowest BCUT2D eigenvalue weighted by molar-refractivity contribution is -0.121. The molecule has 30 heavy (non-hydrogen) atoms. The predicted octanol–water partition coefficient (Wildman–Crippen LogP) is 3.90. The highest BCUT2D eigenvalue weighted by molar-refractivity contribution is 5.77. The van der Waals surface area contributed by atoms with E-state index in [4.69, 9.17) is 0 Å². The van der Waals surface area contributed by atoms with Crippen molar-refractivity contribution in [1.29, 1.82) is 5.26 Å². The highest BCUT2D eigenvalue weighted by Gasteiger charge is 2.17. The topological polar surface area (TPSA) is 85.8 Å². The monoisotopic (exact) mass is 399 g/mol. The van der Waals surface area contributed by atoms with Crippen LogP contribution in [0.15, 0.2) is 65.5 Å². The fourth-order valence-electron chi connectivity index (χ4n) is 3.71. The molecule has 1 aromatic heterocycles. The molecule has 1 heterocycles. The standard InChI is InChI=1S/C25H25N3O2/c1-17-21(18(2)27-25(30)22(17)16-26)13-14-24(29)28-23(20-11-7-4-8-12-20)15-19-9-5-3-6-10-19/h3-12,23H,13-15H2,1-2H3,(H,27,30)(H,28,29). The number of pyridine rings is 1. The van der Waals surface area contributed by atoms with E-state index in [1.165, 1.54) is 0 Å². The fraction of sp³-hybridized carbons (Fsp3) is 0.240. The summed E-state index contributed by atoms with van der Waals surface area (Å²) in [5, 5.41) is 12.4. The first-order valence-electron chi connectivity index (χ1n) is 10.00. The SMILES string of the molecule is Cc1[nH]c(=O)c(C#N)c(C)c1CCC(=O)NC(Cc1ccccc1)c1ccccc1. The van der Waals surface area contributed by atoms with Gasteiger partial charge in [-0.3, -0.25) is 9.59 Å². The summed E-state index contributed by atoms with van der Waals surface area (Å²) in [7, 11) is 0. The number of nitrogens with zero attached hydrogens (tertiary/aromatic N) is 1. The second-order valence-electron chi connectivity index (χ2n) is 7.39. The number of carbonyl (C=O) groups excluding carboxylic acids is 1. The largest absolute Gasteiger partial charge is 0.349 e. The number of benzene rings is 2. The second-order valence-corrected chi connectivity index (χ2v) is 7.39. The van der Waals surface area contributed by atoms with E-state index in [2.05, 4.69) is 22.4 Å². The van der Waals surface area contributed by atoms with Crippen LogP contribution in [0, 0.1) is 25.2 Å². The first kappa shape index (κ1) is 21.1. The van der Waals surface area contributed by atoms with Crippen molar-refractivity contribution in [2.45, 2.75) is 39.2 Å². The number of carbonyl (C=O) groups is 1. The Morgan fingerprint density at radius 2 is 1.70 bits per heavy atom. The van der Waals surface area contributed by atoms with Crippen molar-refractivity contribution in [1.82, 2.24) is 10.3 Å². The Kier molecular flexibility index (Phi) is 6.82. The Morgan fingerprint density at radius 3 is 2.33 bits per heavy atom. The van der Waals surface area contributed by atoms with Gasteiger partial charge in [-0.15, -0.1) is 0 Å². The van der Waals surface area contributed by atoms with Gasteiger partial charge < -0.3 is 10.3 Å². The number of aryl methyl sites for hydroxylation is 1. The molecule has 0 aliphatic carbocycles. The molecule has 3 rings (SSSR count). The Hall–Kier alpha value is -3.65. The summed E-state index contributed by atoms with van der Waals surface area (Å²) in [5.74, 6) is -0.0664. The van der Waals surface area contributed by atoms with Gasteiger partial charge in [0.2, 0.25) is 5.91 Å². The summed E-state index contributed by atoms with van der Waals surface area (Å²) in [6.07, 6.45) is 1.43. The molecule has 5 nitrogen and oxygen atoms in total. The van der Waals surface area contributed by atoms with Crippen LogP contribution in [-0.4, -0.2) is 10.9 Å². The molecule has 0 fully saturated rings. The van der Waals surface area contributed by atoms with Crippen LogP contribution in [0.4, 0.5) is 0 Å². The maximum atomic E-state index is 12.8. The number of aromatic amines is 1. The first-order valence-corrected chi connectivity index (χ1v) is 10.00. The zero-order valence-electron chi connectivity index (χ0n) is 17.2. The van der Waals surface area contributed by atoms with Crippen molar-refractivity contribution in [3.05, 3.63) is 105 Å². The lowest BCUT2D eigenvalue weighted by Gasteiger charge is -2.20. The van der Waals surface area contributed by atoms with Crippen molar-refractivity contribution < 1.29 is 4.79 Å². The van der Waals surface area contributed by atoms with Crippen molar-refractivity contribution in [2.24, 2.45) is 0 Å². The maximum Gasteiger partial charge on any atom is 0.266 e. The number of aromatic nitrogens is 1. The van der Waals surface area contributed by atoms with Crippen molar-refractivity contribution in [2.75, 3.05) is 0 Å². The first-order chi connectivity index (χ1) is 14.5. The van der Waals surface area contributed by atoms with Crippen LogP contribution in [0.2, 0.25) is 0 Å². The zero-order valence-corrected chi connectivity index (χ0v) is 17.2. The second kappa shape index (κ2) is 9.71. The third-order valence-electron chi connectivity index (χ3n) is 5.34. The number of nitriles is 1. The molecule has 0 aliphatic rings. The van der Waals surface area contributed by atoms with Gasteiger partial charge in [0.1, 0.15) is 11.6 Å². The number of nitrogens with one attached hydrogen (secondary N) is 2. The summed E-state index contributed by atoms with van der Waals surface area (Å²) >= 11 is 0. The summed E-state index contributed by atoms with van der Waals surface area (Å²) in [6, 6.07) is 21.8. The molecule has 0 radical (unpaired) electrons. The van der Waals surface area contributed by atoms with E-state index in [9.17, 15) is 14.9 Å². The van der Waals surface area contributed by atoms with E-state index in [0.29, 0.717) is 24.1 Å². The van der Waals surface area contributed by atoms with E-state index in [0.717, 1.165) is 16.7 Å². The average molecular weight is 399 g/mol. The van der Waals surface area contributed by atoms with E-state index >= 15 is 0 Å². The molecule has 3 aromatic rings. The van der Waals surface area contributed by atoms with Crippen LogP contribution in [0.1, 0.15) is 46.0 Å². The average Bonchev–Trinajstić information content (AvgIpc) is 2.74. The van der Waals surface area contributed by atoms with E-state index in [1.807, 2.05) is 54.6 Å². The van der Waals surface area contributed by atoms with Gasteiger partial charge in [-0.25, -0.2) is 0 Å². The minimum absolute atomic E-state index is 0.0664. The number of hydrogen-bond acceptors (Lipinski definition) is 3. The molecule has 5 heteroatoms. The molecule has 2 aromatic carbocycles. The molecule has 1 unspecified atom stereocenters. The van der Waals surface area contributed by atoms with Gasteiger partial charge in [0.25, 0.3) is 5.56 Å². The third kappa shape index (κ3) is 5.03. The molecule has 0 aliphatic heterocycles. The van der Waals surface area contributed by atoms with Crippen molar-refractivity contribution in [3.8, 4) is 6.07 Å². The van der Waals surface area contributed by atoms with E-state index in [1.54, 1.807) is 13.8 Å². The minimum Gasteiger partial charge on any atom is -0.349 e. The molecule has 0 bridgehead atoms. The van der Waals surface area contributed by atoms with Gasteiger partial charge in [-0.2, -0.15) is 5.26 Å². The molecule has 2 N–H and O–H groups in total. The van der Waals surface area contributed by atoms with Gasteiger partial charge in [-0.05, 0) is 48.9 Å². The quantitative estimate of drug-likeness (QED) is 0.632. The summed E-state index contributed by atoms with van der Waals surface area (Å²) in [5.41, 5.74) is 4.13. The van der Waals surface area contributed by atoms with Crippen LogP contribution >= 0.6 is 0 Å². The van der Waals surface area contributed by atoms with Gasteiger partial charge >= 0.3 is 0 Å². The van der Waals surface area contributed by atoms with Gasteiger partial charge in [0.15, 0.2) is 0 Å².